The van der Waals surface area contributed by atoms with Gasteiger partial charge in [0.05, 0.1) is 0 Å². The Morgan fingerprint density at radius 2 is 1.45 bits per heavy atom. The first-order valence-corrected chi connectivity index (χ1v) is 11.6. The average Bonchev–Trinajstić information content (AvgIpc) is 2.74. The summed E-state index contributed by atoms with van der Waals surface area (Å²) in [6.45, 7) is 2.06. The van der Waals surface area contributed by atoms with Crippen LogP contribution in [0, 0.1) is 29.4 Å². The molecule has 31 heavy (non-hydrogen) atoms. The Hall–Kier alpha value is -1.59. The highest BCUT2D eigenvalue weighted by Gasteiger charge is 2.35. The molecule has 2 saturated carbocycles. The summed E-state index contributed by atoms with van der Waals surface area (Å²) in [6, 6.07) is 2.02. The van der Waals surface area contributed by atoms with E-state index in [1.807, 2.05) is 0 Å². The number of halogens is 5. The summed E-state index contributed by atoms with van der Waals surface area (Å²) in [5, 5.41) is 0. The maximum atomic E-state index is 14.1. The molecule has 3 rings (SSSR count). The van der Waals surface area contributed by atoms with Gasteiger partial charge in [0.1, 0.15) is 0 Å². The van der Waals surface area contributed by atoms with Gasteiger partial charge in [-0.15, -0.1) is 13.2 Å². The molecule has 1 nitrogen and oxygen atoms in total. The summed E-state index contributed by atoms with van der Waals surface area (Å²) in [4.78, 5) is 0. The number of rotatable bonds is 7. The molecule has 0 saturated heterocycles. The summed E-state index contributed by atoms with van der Waals surface area (Å²) in [7, 11) is 0. The summed E-state index contributed by atoms with van der Waals surface area (Å²) >= 11 is 0. The zero-order valence-electron chi connectivity index (χ0n) is 18.2. The van der Waals surface area contributed by atoms with E-state index in [0.29, 0.717) is 11.5 Å². The maximum absolute atomic E-state index is 14.1. The van der Waals surface area contributed by atoms with E-state index >= 15 is 0 Å². The van der Waals surface area contributed by atoms with Crippen molar-refractivity contribution in [1.29, 1.82) is 0 Å². The molecule has 0 aliphatic heterocycles. The van der Waals surface area contributed by atoms with Crippen molar-refractivity contribution in [1.82, 2.24) is 0 Å². The summed E-state index contributed by atoms with van der Waals surface area (Å²) < 4.78 is 68.6. The second-order valence-corrected chi connectivity index (χ2v) is 9.25. The second-order valence-electron chi connectivity index (χ2n) is 9.25. The van der Waals surface area contributed by atoms with E-state index in [2.05, 4.69) is 23.8 Å². The highest BCUT2D eigenvalue weighted by molar-refractivity contribution is 5.33. The highest BCUT2D eigenvalue weighted by atomic mass is 19.4. The van der Waals surface area contributed by atoms with E-state index in [0.717, 1.165) is 49.7 Å². The molecule has 2 fully saturated rings. The maximum Gasteiger partial charge on any atom is 0.573 e. The van der Waals surface area contributed by atoms with Crippen LogP contribution in [0.25, 0.3) is 0 Å². The van der Waals surface area contributed by atoms with Crippen molar-refractivity contribution in [2.75, 3.05) is 0 Å². The fraction of sp³-hybridized carbons (Fsp3) is 0.680. The molecule has 2 aliphatic carbocycles. The van der Waals surface area contributed by atoms with Crippen molar-refractivity contribution in [2.45, 2.75) is 89.8 Å². The van der Waals surface area contributed by atoms with Gasteiger partial charge in [0.15, 0.2) is 11.6 Å². The molecule has 0 heterocycles. The molecular weight excluding hydrogens is 411 g/mol. The largest absolute Gasteiger partial charge is 0.573 e. The monoisotopic (exact) mass is 444 g/mol. The minimum atomic E-state index is -5.12. The highest BCUT2D eigenvalue weighted by Crippen LogP contribution is 2.45. The molecule has 2 aliphatic rings. The van der Waals surface area contributed by atoms with Gasteiger partial charge in [-0.25, -0.2) is 8.78 Å². The lowest BCUT2D eigenvalue weighted by molar-refractivity contribution is -0.276. The molecule has 0 N–H and O–H groups in total. The number of unbranched alkanes of at least 4 members (excludes halogenated alkanes) is 1. The molecule has 0 amide bonds. The minimum absolute atomic E-state index is 0.0110. The third kappa shape index (κ3) is 6.95. The van der Waals surface area contributed by atoms with E-state index in [4.69, 9.17) is 0 Å². The molecule has 0 atom stereocenters. The van der Waals surface area contributed by atoms with Gasteiger partial charge in [0.25, 0.3) is 0 Å². The number of alkyl halides is 3. The van der Waals surface area contributed by atoms with Crippen LogP contribution in [-0.4, -0.2) is 6.36 Å². The Morgan fingerprint density at radius 3 is 1.97 bits per heavy atom. The number of ether oxygens (including phenoxy) is 1. The van der Waals surface area contributed by atoms with E-state index in [1.165, 1.54) is 44.9 Å². The molecule has 0 bridgehead atoms. The van der Waals surface area contributed by atoms with Crippen molar-refractivity contribution in [2.24, 2.45) is 17.8 Å². The molecule has 174 valence electrons. The van der Waals surface area contributed by atoms with Crippen LogP contribution in [0.15, 0.2) is 24.3 Å². The molecule has 0 unspecified atom stereocenters. The zero-order chi connectivity index (χ0) is 22.4. The van der Waals surface area contributed by atoms with Crippen LogP contribution in [0.2, 0.25) is 0 Å². The standard InChI is InChI=1S/C25H33F5O/c1-2-3-4-5-6-17-7-9-18(10-8-17)19-11-13-20(14-12-19)21-15-22(26)24(23(27)16-21)31-25(28,29)30/h2-3,15-20H,4-14H2,1H3. The first-order valence-electron chi connectivity index (χ1n) is 11.6. The first kappa shape index (κ1) is 24.1. The number of hydrogen-bond acceptors (Lipinski definition) is 1. The van der Waals surface area contributed by atoms with Gasteiger partial charge in [0.2, 0.25) is 5.75 Å². The van der Waals surface area contributed by atoms with E-state index in [-0.39, 0.29) is 5.92 Å². The predicted molar refractivity (Wildman–Crippen MR) is 112 cm³/mol. The third-order valence-electron chi connectivity index (χ3n) is 7.26. The fourth-order valence-electron chi connectivity index (χ4n) is 5.59. The fourth-order valence-corrected chi connectivity index (χ4v) is 5.59. The van der Waals surface area contributed by atoms with Crippen LogP contribution >= 0.6 is 0 Å². The van der Waals surface area contributed by atoms with Crippen molar-refractivity contribution in [3.63, 3.8) is 0 Å². The molecule has 1 aromatic rings. The summed E-state index contributed by atoms with van der Waals surface area (Å²) in [6.07, 6.45) is 11.8. The zero-order valence-corrected chi connectivity index (χ0v) is 18.2. The van der Waals surface area contributed by atoms with Crippen LogP contribution in [0.3, 0.4) is 0 Å². The molecule has 6 heteroatoms. The number of allylic oxidation sites excluding steroid dienone is 2. The van der Waals surface area contributed by atoms with Gasteiger partial charge in [-0.05, 0) is 99.7 Å². The molecule has 1 aromatic carbocycles. The van der Waals surface area contributed by atoms with Crippen LogP contribution in [-0.2, 0) is 0 Å². The van der Waals surface area contributed by atoms with Crippen LogP contribution in [0.4, 0.5) is 22.0 Å². The Labute approximate surface area is 182 Å². The average molecular weight is 445 g/mol. The van der Waals surface area contributed by atoms with Gasteiger partial charge in [-0.2, -0.15) is 0 Å². The normalized spacial score (nSPS) is 27.5. The summed E-state index contributed by atoms with van der Waals surface area (Å²) in [5.74, 6) is -1.72. The predicted octanol–water partition coefficient (Wildman–Crippen LogP) is 8.69. The Morgan fingerprint density at radius 1 is 0.903 bits per heavy atom. The van der Waals surface area contributed by atoms with Gasteiger partial charge in [0, 0.05) is 0 Å². The molecular formula is C25H33F5O. The second kappa shape index (κ2) is 10.8. The van der Waals surface area contributed by atoms with Crippen molar-refractivity contribution >= 4 is 0 Å². The van der Waals surface area contributed by atoms with Crippen molar-refractivity contribution < 1.29 is 26.7 Å². The quantitative estimate of drug-likeness (QED) is 0.232. The number of benzene rings is 1. The Bertz CT molecular complexity index is 703. The van der Waals surface area contributed by atoms with Crippen LogP contribution in [0.1, 0.15) is 89.0 Å². The lowest BCUT2D eigenvalue weighted by atomic mass is 9.68. The number of hydrogen-bond donors (Lipinski definition) is 0. The topological polar surface area (TPSA) is 9.23 Å². The van der Waals surface area contributed by atoms with E-state index < -0.39 is 23.7 Å². The van der Waals surface area contributed by atoms with Crippen molar-refractivity contribution in [3.8, 4) is 5.75 Å². The smallest absolute Gasteiger partial charge is 0.399 e. The SMILES string of the molecule is CC=CCCCC1CCC(C2CCC(c3cc(F)c(OC(F)(F)F)c(F)c3)CC2)CC1. The van der Waals surface area contributed by atoms with Crippen LogP contribution in [0.5, 0.6) is 5.75 Å². The van der Waals surface area contributed by atoms with Gasteiger partial charge < -0.3 is 4.74 Å². The van der Waals surface area contributed by atoms with E-state index in [1.54, 1.807) is 0 Å². The summed E-state index contributed by atoms with van der Waals surface area (Å²) in [5.41, 5.74) is 0.438. The lowest BCUT2D eigenvalue weighted by Gasteiger charge is -2.38. The van der Waals surface area contributed by atoms with Crippen LogP contribution < -0.4 is 4.74 Å². The molecule has 0 radical (unpaired) electrons. The Kier molecular flexibility index (Phi) is 8.40. The molecule has 0 spiro atoms. The van der Waals surface area contributed by atoms with Gasteiger partial charge in [-0.1, -0.05) is 31.4 Å². The minimum Gasteiger partial charge on any atom is -0.399 e. The Balaban J connectivity index is 1.48. The molecule has 0 aromatic heterocycles. The lowest BCUT2D eigenvalue weighted by Crippen LogP contribution is -2.25. The third-order valence-corrected chi connectivity index (χ3v) is 7.26. The first-order chi connectivity index (χ1) is 14.8. The van der Waals surface area contributed by atoms with E-state index in [9.17, 15) is 22.0 Å². The van der Waals surface area contributed by atoms with Gasteiger partial charge >= 0.3 is 6.36 Å². The van der Waals surface area contributed by atoms with Gasteiger partial charge in [-0.3, -0.25) is 0 Å². The van der Waals surface area contributed by atoms with Crippen molar-refractivity contribution in [3.05, 3.63) is 41.5 Å².